The minimum atomic E-state index is -0.668. The van der Waals surface area contributed by atoms with E-state index in [9.17, 15) is 9.59 Å². The van der Waals surface area contributed by atoms with Crippen molar-refractivity contribution < 1.29 is 14.7 Å². The van der Waals surface area contributed by atoms with Gasteiger partial charge in [-0.1, -0.05) is 0 Å². The van der Waals surface area contributed by atoms with Crippen LogP contribution in [0.25, 0.3) is 0 Å². The predicted molar refractivity (Wildman–Crippen MR) is 80.9 cm³/mol. The Balaban J connectivity index is 1.55. The van der Waals surface area contributed by atoms with Gasteiger partial charge in [0.25, 0.3) is 0 Å². The molecule has 0 aromatic heterocycles. The molecule has 1 aliphatic heterocycles. The van der Waals surface area contributed by atoms with E-state index in [2.05, 4.69) is 10.6 Å². The summed E-state index contributed by atoms with van der Waals surface area (Å²) in [5, 5.41) is 15.4. The summed E-state index contributed by atoms with van der Waals surface area (Å²) in [6, 6.07) is 0. The monoisotopic (exact) mass is 296 g/mol. The lowest BCUT2D eigenvalue weighted by molar-refractivity contribution is -0.143. The summed E-state index contributed by atoms with van der Waals surface area (Å²) >= 11 is 0. The van der Waals surface area contributed by atoms with Crippen LogP contribution in [0.5, 0.6) is 0 Å². The highest BCUT2D eigenvalue weighted by molar-refractivity contribution is 5.75. The van der Waals surface area contributed by atoms with Gasteiger partial charge in [-0.05, 0) is 69.9 Å². The van der Waals surface area contributed by atoms with Crippen LogP contribution in [-0.2, 0) is 9.59 Å². The third-order valence-corrected chi connectivity index (χ3v) is 4.96. The molecular weight excluding hydrogens is 268 g/mol. The average Bonchev–Trinajstić information content (AvgIpc) is 2.52. The van der Waals surface area contributed by atoms with Gasteiger partial charge in [-0.25, -0.2) is 0 Å². The molecule has 5 heteroatoms. The van der Waals surface area contributed by atoms with Crippen LogP contribution in [0.15, 0.2) is 0 Å². The average molecular weight is 296 g/mol. The zero-order valence-electron chi connectivity index (χ0n) is 12.8. The molecule has 0 bridgehead atoms. The summed E-state index contributed by atoms with van der Waals surface area (Å²) < 4.78 is 0. The molecule has 21 heavy (non-hydrogen) atoms. The summed E-state index contributed by atoms with van der Waals surface area (Å²) in [4.78, 5) is 22.8. The number of carboxylic acid groups (broad SMARTS) is 1. The largest absolute Gasteiger partial charge is 0.481 e. The molecule has 2 rings (SSSR count). The van der Waals surface area contributed by atoms with Gasteiger partial charge < -0.3 is 15.7 Å². The molecule has 3 N–H and O–H groups in total. The molecule has 1 unspecified atom stereocenters. The van der Waals surface area contributed by atoms with E-state index in [0.29, 0.717) is 24.8 Å². The number of carbonyl (C=O) groups excluding carboxylic acids is 1. The Morgan fingerprint density at radius 3 is 2.48 bits per heavy atom. The number of carbonyl (C=O) groups is 2. The highest BCUT2D eigenvalue weighted by Crippen LogP contribution is 2.28. The molecule has 120 valence electrons. The maximum atomic E-state index is 11.9. The molecule has 1 heterocycles. The first-order chi connectivity index (χ1) is 10.1. The first-order valence-corrected chi connectivity index (χ1v) is 8.35. The minimum absolute atomic E-state index is 0.154. The molecule has 5 nitrogen and oxygen atoms in total. The Morgan fingerprint density at radius 1 is 1.10 bits per heavy atom. The van der Waals surface area contributed by atoms with Crippen LogP contribution < -0.4 is 10.6 Å². The van der Waals surface area contributed by atoms with E-state index in [1.165, 1.54) is 12.8 Å². The van der Waals surface area contributed by atoms with Gasteiger partial charge in [0.05, 0.1) is 5.92 Å². The van der Waals surface area contributed by atoms with Crippen molar-refractivity contribution >= 4 is 11.9 Å². The van der Waals surface area contributed by atoms with Crippen molar-refractivity contribution in [1.29, 1.82) is 0 Å². The van der Waals surface area contributed by atoms with E-state index < -0.39 is 5.97 Å². The molecule has 1 atom stereocenters. The lowest BCUT2D eigenvalue weighted by Crippen LogP contribution is -2.34. The summed E-state index contributed by atoms with van der Waals surface area (Å²) in [5.41, 5.74) is 0. The molecule has 1 saturated carbocycles. The van der Waals surface area contributed by atoms with E-state index in [1.807, 2.05) is 0 Å². The van der Waals surface area contributed by atoms with Crippen LogP contribution in [0.3, 0.4) is 0 Å². The third-order valence-electron chi connectivity index (χ3n) is 4.96. The van der Waals surface area contributed by atoms with Crippen molar-refractivity contribution in [2.75, 3.05) is 19.6 Å². The number of hydrogen-bond donors (Lipinski definition) is 3. The third kappa shape index (κ3) is 5.65. The van der Waals surface area contributed by atoms with Gasteiger partial charge in [0.15, 0.2) is 0 Å². The summed E-state index contributed by atoms with van der Waals surface area (Å²) in [6.07, 6.45) is 7.40. The lowest BCUT2D eigenvalue weighted by Gasteiger charge is -2.26. The Kier molecular flexibility index (Phi) is 6.49. The quantitative estimate of drug-likeness (QED) is 0.698. The predicted octanol–water partition coefficient (Wildman–Crippen LogP) is 1.77. The Morgan fingerprint density at radius 2 is 1.86 bits per heavy atom. The number of rotatable bonds is 6. The number of hydrogen-bond acceptors (Lipinski definition) is 3. The molecule has 0 radical (unpaired) electrons. The van der Waals surface area contributed by atoms with Crippen molar-refractivity contribution in [3.05, 3.63) is 0 Å². The van der Waals surface area contributed by atoms with Crippen molar-refractivity contribution in [3.8, 4) is 0 Å². The van der Waals surface area contributed by atoms with Crippen LogP contribution in [-0.4, -0.2) is 36.6 Å². The number of amides is 1. The number of nitrogens with one attached hydrogen (secondary N) is 2. The van der Waals surface area contributed by atoms with Crippen molar-refractivity contribution in [3.63, 3.8) is 0 Å². The fourth-order valence-electron chi connectivity index (χ4n) is 3.47. The second kappa shape index (κ2) is 8.37. The van der Waals surface area contributed by atoms with Crippen LogP contribution in [0, 0.1) is 17.8 Å². The smallest absolute Gasteiger partial charge is 0.306 e. The van der Waals surface area contributed by atoms with Gasteiger partial charge in [-0.2, -0.15) is 0 Å². The van der Waals surface area contributed by atoms with Gasteiger partial charge >= 0.3 is 5.97 Å². The Bertz CT molecular complexity index is 345. The van der Waals surface area contributed by atoms with Gasteiger partial charge in [-0.15, -0.1) is 0 Å². The van der Waals surface area contributed by atoms with Crippen LogP contribution in [0.2, 0.25) is 0 Å². The number of aliphatic carboxylic acids is 1. The molecule has 0 aromatic carbocycles. The second-order valence-electron chi connectivity index (χ2n) is 6.61. The highest BCUT2D eigenvalue weighted by Gasteiger charge is 2.26. The fourth-order valence-corrected chi connectivity index (χ4v) is 3.47. The first kappa shape index (κ1) is 16.3. The van der Waals surface area contributed by atoms with Crippen molar-refractivity contribution in [2.45, 2.75) is 51.4 Å². The SMILES string of the molecule is O=C(CCC1CCCNC1)NCC1CCC(C(=O)O)CC1. The maximum Gasteiger partial charge on any atom is 0.306 e. The van der Waals surface area contributed by atoms with Crippen molar-refractivity contribution in [2.24, 2.45) is 17.8 Å². The molecule has 2 aliphatic rings. The van der Waals surface area contributed by atoms with Crippen LogP contribution in [0.1, 0.15) is 51.4 Å². The van der Waals surface area contributed by atoms with Crippen LogP contribution >= 0.6 is 0 Å². The molecule has 1 saturated heterocycles. The topological polar surface area (TPSA) is 78.4 Å². The number of carboxylic acids is 1. The lowest BCUT2D eigenvalue weighted by atomic mass is 9.82. The molecule has 1 amide bonds. The Labute approximate surface area is 126 Å². The Hall–Kier alpha value is -1.10. The summed E-state index contributed by atoms with van der Waals surface area (Å²) in [5.74, 6) is 0.423. The zero-order chi connectivity index (χ0) is 15.1. The molecule has 1 aliphatic carbocycles. The second-order valence-corrected chi connectivity index (χ2v) is 6.61. The molecule has 0 aromatic rings. The van der Waals surface area contributed by atoms with E-state index in [-0.39, 0.29) is 11.8 Å². The zero-order valence-corrected chi connectivity index (χ0v) is 12.8. The fraction of sp³-hybridized carbons (Fsp3) is 0.875. The normalized spacial score (nSPS) is 29.8. The summed E-state index contributed by atoms with van der Waals surface area (Å²) in [7, 11) is 0. The van der Waals surface area contributed by atoms with E-state index >= 15 is 0 Å². The van der Waals surface area contributed by atoms with Gasteiger partial charge in [0, 0.05) is 13.0 Å². The van der Waals surface area contributed by atoms with Gasteiger partial charge in [0.2, 0.25) is 5.91 Å². The van der Waals surface area contributed by atoms with Gasteiger partial charge in [-0.3, -0.25) is 9.59 Å². The molecular formula is C16H28N2O3. The maximum absolute atomic E-state index is 11.9. The molecule has 2 fully saturated rings. The van der Waals surface area contributed by atoms with E-state index in [0.717, 1.165) is 45.2 Å². The first-order valence-electron chi connectivity index (χ1n) is 8.35. The van der Waals surface area contributed by atoms with Crippen molar-refractivity contribution in [1.82, 2.24) is 10.6 Å². The number of piperidine rings is 1. The van der Waals surface area contributed by atoms with Gasteiger partial charge in [0.1, 0.15) is 0 Å². The minimum Gasteiger partial charge on any atom is -0.481 e. The standard InChI is InChI=1S/C16H28N2O3/c19-15(8-5-12-2-1-9-17-10-12)18-11-13-3-6-14(7-4-13)16(20)21/h12-14,17H,1-11H2,(H,18,19)(H,20,21). The highest BCUT2D eigenvalue weighted by atomic mass is 16.4. The summed E-state index contributed by atoms with van der Waals surface area (Å²) in [6.45, 7) is 2.88. The molecule has 0 spiro atoms. The van der Waals surface area contributed by atoms with E-state index in [4.69, 9.17) is 5.11 Å². The van der Waals surface area contributed by atoms with Crippen LogP contribution in [0.4, 0.5) is 0 Å². The van der Waals surface area contributed by atoms with E-state index in [1.54, 1.807) is 0 Å².